The van der Waals surface area contributed by atoms with Crippen molar-refractivity contribution in [2.75, 3.05) is 50.7 Å². The van der Waals surface area contributed by atoms with Crippen molar-refractivity contribution in [1.29, 1.82) is 5.26 Å². The zero-order valence-electron chi connectivity index (χ0n) is 19.8. The van der Waals surface area contributed by atoms with Crippen LogP contribution in [-0.4, -0.2) is 72.0 Å². The topological polar surface area (TPSA) is 130 Å². The van der Waals surface area contributed by atoms with Gasteiger partial charge in [0.2, 0.25) is 0 Å². The Labute approximate surface area is 200 Å². The molecule has 1 saturated heterocycles. The van der Waals surface area contributed by atoms with E-state index in [0.717, 1.165) is 57.5 Å². The molecule has 34 heavy (non-hydrogen) atoms. The Hall–Kier alpha value is -2.87. The van der Waals surface area contributed by atoms with Gasteiger partial charge >= 0.3 is 0 Å². The second-order valence-electron chi connectivity index (χ2n) is 9.05. The van der Waals surface area contributed by atoms with Crippen LogP contribution >= 0.6 is 0 Å². The lowest BCUT2D eigenvalue weighted by molar-refractivity contribution is 0.0455. The summed E-state index contributed by atoms with van der Waals surface area (Å²) in [6, 6.07) is 7.13. The van der Waals surface area contributed by atoms with Gasteiger partial charge in [-0.05, 0) is 44.6 Å². The predicted molar refractivity (Wildman–Crippen MR) is 129 cm³/mol. The first kappa shape index (κ1) is 24.3. The first-order valence-corrected chi connectivity index (χ1v) is 12.1. The number of aromatic nitrogens is 4. The molecule has 3 heterocycles. The molecule has 1 aliphatic heterocycles. The van der Waals surface area contributed by atoms with Crippen molar-refractivity contribution >= 4 is 11.6 Å². The molecule has 3 N–H and O–H groups in total. The number of ether oxygens (including phenoxy) is 2. The number of rotatable bonds is 10. The van der Waals surface area contributed by atoms with Crippen LogP contribution in [0.1, 0.15) is 38.5 Å². The van der Waals surface area contributed by atoms with Gasteiger partial charge in [-0.1, -0.05) is 0 Å². The van der Waals surface area contributed by atoms with Crippen molar-refractivity contribution in [2.24, 2.45) is 5.41 Å². The second-order valence-corrected chi connectivity index (χ2v) is 9.05. The highest BCUT2D eigenvalue weighted by atomic mass is 16.5. The summed E-state index contributed by atoms with van der Waals surface area (Å²) in [5, 5.41) is 20.1. The molecule has 182 valence electrons. The molecule has 0 amide bonds. The van der Waals surface area contributed by atoms with Crippen LogP contribution < -0.4 is 16.0 Å². The average molecular weight is 467 g/mol. The van der Waals surface area contributed by atoms with Gasteiger partial charge in [-0.25, -0.2) is 19.9 Å². The van der Waals surface area contributed by atoms with Crippen molar-refractivity contribution < 1.29 is 9.47 Å². The lowest BCUT2D eigenvalue weighted by atomic mass is 9.82. The maximum Gasteiger partial charge on any atom is 0.180 e. The largest absolute Gasteiger partial charge is 0.383 e. The summed E-state index contributed by atoms with van der Waals surface area (Å²) < 4.78 is 10.5. The summed E-state index contributed by atoms with van der Waals surface area (Å²) in [6.45, 7) is 3.41. The maximum atomic E-state index is 9.67. The van der Waals surface area contributed by atoms with Gasteiger partial charge in [0.25, 0.3) is 0 Å². The number of anilines is 2. The summed E-state index contributed by atoms with van der Waals surface area (Å²) in [5.41, 5.74) is 0.241. The van der Waals surface area contributed by atoms with Gasteiger partial charge in [-0.2, -0.15) is 5.26 Å². The molecule has 2 aliphatic rings. The SMILES string of the molecule is COCCNC1CCC(Nc2cc(-c3nccc(NCC4(C#N)CCOCC4)n3)ncn2)CC1. The Kier molecular flexibility index (Phi) is 8.57. The third-order valence-electron chi connectivity index (χ3n) is 6.67. The Morgan fingerprint density at radius 1 is 1.12 bits per heavy atom. The van der Waals surface area contributed by atoms with Gasteiger partial charge < -0.3 is 25.4 Å². The zero-order chi connectivity index (χ0) is 23.6. The smallest absolute Gasteiger partial charge is 0.180 e. The van der Waals surface area contributed by atoms with Crippen LogP contribution in [0.4, 0.5) is 11.6 Å². The van der Waals surface area contributed by atoms with E-state index in [0.29, 0.717) is 49.2 Å². The van der Waals surface area contributed by atoms with Crippen molar-refractivity contribution in [3.8, 4) is 17.6 Å². The number of hydrogen-bond acceptors (Lipinski definition) is 10. The van der Waals surface area contributed by atoms with Gasteiger partial charge in [0.1, 0.15) is 23.7 Å². The van der Waals surface area contributed by atoms with Crippen LogP contribution in [0.2, 0.25) is 0 Å². The van der Waals surface area contributed by atoms with E-state index in [2.05, 4.69) is 42.0 Å². The quantitative estimate of drug-likeness (QED) is 0.449. The minimum atomic E-state index is -0.423. The van der Waals surface area contributed by atoms with Gasteiger partial charge in [0.15, 0.2) is 5.82 Å². The maximum absolute atomic E-state index is 9.67. The van der Waals surface area contributed by atoms with E-state index < -0.39 is 5.41 Å². The van der Waals surface area contributed by atoms with E-state index in [9.17, 15) is 5.26 Å². The van der Waals surface area contributed by atoms with Crippen molar-refractivity contribution in [2.45, 2.75) is 50.6 Å². The van der Waals surface area contributed by atoms with Crippen LogP contribution in [0.3, 0.4) is 0 Å². The fraction of sp³-hybridized carbons (Fsp3) is 0.625. The fourth-order valence-electron chi connectivity index (χ4n) is 4.51. The van der Waals surface area contributed by atoms with Gasteiger partial charge in [0.05, 0.1) is 18.1 Å². The fourth-order valence-corrected chi connectivity index (χ4v) is 4.51. The van der Waals surface area contributed by atoms with E-state index in [4.69, 9.17) is 9.47 Å². The number of nitrogens with zero attached hydrogens (tertiary/aromatic N) is 5. The van der Waals surface area contributed by atoms with E-state index in [1.165, 1.54) is 0 Å². The first-order valence-electron chi connectivity index (χ1n) is 12.1. The van der Waals surface area contributed by atoms with Gasteiger partial charge in [-0.15, -0.1) is 0 Å². The highest BCUT2D eigenvalue weighted by Gasteiger charge is 2.32. The minimum absolute atomic E-state index is 0.388. The lowest BCUT2D eigenvalue weighted by Gasteiger charge is -2.30. The standard InChI is InChI=1S/C24H34N8O2/c1-33-13-10-26-18-2-4-19(5-3-18)31-22-14-20(29-17-30-22)23-27-9-6-21(32-23)28-16-24(15-25)7-11-34-12-8-24/h6,9,14,17-19,26H,2-5,7-8,10-13,16H2,1H3,(H,27,28,32)(H,29,30,31). The monoisotopic (exact) mass is 466 g/mol. The van der Waals surface area contributed by atoms with E-state index in [1.807, 2.05) is 12.1 Å². The Morgan fingerprint density at radius 3 is 2.68 bits per heavy atom. The average Bonchev–Trinajstić information content (AvgIpc) is 2.90. The van der Waals surface area contributed by atoms with Crippen LogP contribution in [0.5, 0.6) is 0 Å². The molecule has 10 nitrogen and oxygen atoms in total. The number of nitriles is 1. The molecule has 0 bridgehead atoms. The molecule has 0 aromatic carbocycles. The molecule has 1 aliphatic carbocycles. The summed E-state index contributed by atoms with van der Waals surface area (Å²) in [7, 11) is 1.73. The van der Waals surface area contributed by atoms with Crippen molar-refractivity contribution in [1.82, 2.24) is 25.3 Å². The molecular weight excluding hydrogens is 432 g/mol. The zero-order valence-corrected chi connectivity index (χ0v) is 19.8. The molecule has 2 fully saturated rings. The van der Waals surface area contributed by atoms with Crippen LogP contribution in [-0.2, 0) is 9.47 Å². The van der Waals surface area contributed by atoms with Gasteiger partial charge in [-0.3, -0.25) is 0 Å². The molecule has 2 aromatic rings. The third kappa shape index (κ3) is 6.59. The molecule has 10 heteroatoms. The predicted octanol–water partition coefficient (Wildman–Crippen LogP) is 2.62. The summed E-state index contributed by atoms with van der Waals surface area (Å²) >= 11 is 0. The number of nitrogens with one attached hydrogen (secondary N) is 3. The molecule has 2 aromatic heterocycles. The van der Waals surface area contributed by atoms with E-state index in [1.54, 1.807) is 19.6 Å². The number of hydrogen-bond donors (Lipinski definition) is 3. The molecule has 1 saturated carbocycles. The van der Waals surface area contributed by atoms with E-state index >= 15 is 0 Å². The molecular formula is C24H34N8O2. The summed E-state index contributed by atoms with van der Waals surface area (Å²) in [6.07, 6.45) is 9.14. The Bertz CT molecular complexity index is 952. The van der Waals surface area contributed by atoms with Crippen molar-refractivity contribution in [3.05, 3.63) is 24.7 Å². The van der Waals surface area contributed by atoms with Crippen LogP contribution in [0.25, 0.3) is 11.5 Å². The normalized spacial score (nSPS) is 22.0. The minimum Gasteiger partial charge on any atom is -0.383 e. The number of methoxy groups -OCH3 is 1. The van der Waals surface area contributed by atoms with Crippen molar-refractivity contribution in [3.63, 3.8) is 0 Å². The molecule has 0 atom stereocenters. The summed E-state index contributed by atoms with van der Waals surface area (Å²) in [5.74, 6) is 1.99. The highest BCUT2D eigenvalue weighted by Crippen LogP contribution is 2.30. The lowest BCUT2D eigenvalue weighted by Crippen LogP contribution is -2.38. The molecule has 0 unspecified atom stereocenters. The Balaban J connectivity index is 1.33. The Morgan fingerprint density at radius 2 is 1.91 bits per heavy atom. The van der Waals surface area contributed by atoms with Crippen LogP contribution in [0, 0.1) is 16.7 Å². The highest BCUT2D eigenvalue weighted by molar-refractivity contribution is 5.56. The molecule has 4 rings (SSSR count). The second kappa shape index (κ2) is 12.0. The van der Waals surface area contributed by atoms with Gasteiger partial charge in [0, 0.05) is 57.8 Å². The van der Waals surface area contributed by atoms with Crippen LogP contribution in [0.15, 0.2) is 24.7 Å². The molecule has 0 spiro atoms. The third-order valence-corrected chi connectivity index (χ3v) is 6.67. The first-order chi connectivity index (χ1) is 16.7. The molecule has 0 radical (unpaired) electrons. The summed E-state index contributed by atoms with van der Waals surface area (Å²) in [4.78, 5) is 17.8. The van der Waals surface area contributed by atoms with E-state index in [-0.39, 0.29) is 0 Å².